The molecule has 0 saturated carbocycles. The molecule has 126 valence electrons. The molecule has 0 aromatic heterocycles. The summed E-state index contributed by atoms with van der Waals surface area (Å²) in [5.41, 5.74) is 1.64. The van der Waals surface area contributed by atoms with E-state index in [1.54, 1.807) is 18.2 Å². The Kier molecular flexibility index (Phi) is 6.64. The minimum atomic E-state index is -0.258. The number of anilines is 1. The first-order valence-corrected chi connectivity index (χ1v) is 8.26. The highest BCUT2D eigenvalue weighted by Crippen LogP contribution is 2.25. The number of rotatable bonds is 6. The van der Waals surface area contributed by atoms with Crippen LogP contribution in [-0.2, 0) is 16.0 Å². The average Bonchev–Trinajstić information content (AvgIpc) is 2.52. The molecule has 0 aliphatic heterocycles. The van der Waals surface area contributed by atoms with Crippen molar-refractivity contribution in [2.45, 2.75) is 13.3 Å². The van der Waals surface area contributed by atoms with Crippen LogP contribution in [-0.4, -0.2) is 24.9 Å². The van der Waals surface area contributed by atoms with Gasteiger partial charge < -0.3 is 10.2 Å². The number of hydrogen-bond donors (Lipinski definition) is 1. The van der Waals surface area contributed by atoms with Crippen molar-refractivity contribution in [3.8, 4) is 0 Å². The molecule has 0 saturated heterocycles. The molecule has 24 heavy (non-hydrogen) atoms. The topological polar surface area (TPSA) is 49.4 Å². The summed E-state index contributed by atoms with van der Waals surface area (Å²) < 4.78 is 0. The third-order valence-electron chi connectivity index (χ3n) is 3.42. The van der Waals surface area contributed by atoms with Gasteiger partial charge in [0, 0.05) is 29.2 Å². The number of benzene rings is 2. The number of halogens is 2. The Morgan fingerprint density at radius 3 is 2.25 bits per heavy atom. The van der Waals surface area contributed by atoms with E-state index in [-0.39, 0.29) is 18.4 Å². The zero-order valence-corrected chi connectivity index (χ0v) is 14.8. The Labute approximate surface area is 151 Å². The molecule has 0 spiro atoms. The highest BCUT2D eigenvalue weighted by Gasteiger charge is 2.16. The van der Waals surface area contributed by atoms with Gasteiger partial charge in [-0.05, 0) is 30.2 Å². The summed E-state index contributed by atoms with van der Waals surface area (Å²) in [7, 11) is 0. The highest BCUT2D eigenvalue weighted by atomic mass is 35.5. The van der Waals surface area contributed by atoms with E-state index < -0.39 is 0 Å². The van der Waals surface area contributed by atoms with Crippen molar-refractivity contribution in [1.29, 1.82) is 0 Å². The smallest absolute Gasteiger partial charge is 0.240 e. The SMILES string of the molecule is CC(=O)N(CC(=O)NCCc1ccccc1)c1cc(Cl)cc(Cl)c1. The first-order valence-electron chi connectivity index (χ1n) is 7.50. The Hall–Kier alpha value is -2.04. The molecular weight excluding hydrogens is 347 g/mol. The van der Waals surface area contributed by atoms with Crippen LogP contribution in [0.1, 0.15) is 12.5 Å². The van der Waals surface area contributed by atoms with Crippen molar-refractivity contribution in [3.63, 3.8) is 0 Å². The molecule has 2 aromatic carbocycles. The van der Waals surface area contributed by atoms with Gasteiger partial charge in [0.25, 0.3) is 0 Å². The van der Waals surface area contributed by atoms with Gasteiger partial charge in [-0.1, -0.05) is 53.5 Å². The van der Waals surface area contributed by atoms with E-state index in [1.807, 2.05) is 30.3 Å². The first-order chi connectivity index (χ1) is 11.5. The quantitative estimate of drug-likeness (QED) is 0.849. The van der Waals surface area contributed by atoms with Crippen LogP contribution in [0.3, 0.4) is 0 Å². The molecular formula is C18H18Cl2N2O2. The van der Waals surface area contributed by atoms with Crippen LogP contribution in [0.4, 0.5) is 5.69 Å². The van der Waals surface area contributed by atoms with Gasteiger partial charge in [0.1, 0.15) is 6.54 Å². The number of carbonyl (C=O) groups is 2. The summed E-state index contributed by atoms with van der Waals surface area (Å²) in [5, 5.41) is 3.64. The minimum absolute atomic E-state index is 0.0825. The molecule has 2 aromatic rings. The van der Waals surface area contributed by atoms with E-state index in [1.165, 1.54) is 11.8 Å². The summed E-state index contributed by atoms with van der Waals surface area (Å²) in [6.07, 6.45) is 0.732. The molecule has 0 aliphatic carbocycles. The molecule has 6 heteroatoms. The van der Waals surface area contributed by atoms with Crippen molar-refractivity contribution in [3.05, 3.63) is 64.1 Å². The fourth-order valence-electron chi connectivity index (χ4n) is 2.27. The summed E-state index contributed by atoms with van der Waals surface area (Å²) in [6, 6.07) is 14.6. The van der Waals surface area contributed by atoms with Crippen molar-refractivity contribution >= 4 is 40.7 Å². The van der Waals surface area contributed by atoms with Gasteiger partial charge in [-0.2, -0.15) is 0 Å². The van der Waals surface area contributed by atoms with E-state index in [9.17, 15) is 9.59 Å². The first kappa shape index (κ1) is 18.3. The van der Waals surface area contributed by atoms with E-state index in [2.05, 4.69) is 5.32 Å². The van der Waals surface area contributed by atoms with Crippen LogP contribution >= 0.6 is 23.2 Å². The van der Waals surface area contributed by atoms with Gasteiger partial charge >= 0.3 is 0 Å². The van der Waals surface area contributed by atoms with Gasteiger partial charge in [-0.15, -0.1) is 0 Å². The number of nitrogens with zero attached hydrogens (tertiary/aromatic N) is 1. The lowest BCUT2D eigenvalue weighted by atomic mass is 10.1. The maximum atomic E-state index is 12.1. The predicted octanol–water partition coefficient (Wildman–Crippen LogP) is 3.71. The minimum Gasteiger partial charge on any atom is -0.354 e. The highest BCUT2D eigenvalue weighted by molar-refractivity contribution is 6.35. The fraction of sp³-hybridized carbons (Fsp3) is 0.222. The largest absolute Gasteiger partial charge is 0.354 e. The Morgan fingerprint density at radius 1 is 1.04 bits per heavy atom. The van der Waals surface area contributed by atoms with Gasteiger partial charge in [0.2, 0.25) is 11.8 Å². The van der Waals surface area contributed by atoms with Gasteiger partial charge in [-0.25, -0.2) is 0 Å². The molecule has 4 nitrogen and oxygen atoms in total. The lowest BCUT2D eigenvalue weighted by Crippen LogP contribution is -2.40. The Morgan fingerprint density at radius 2 is 1.67 bits per heavy atom. The van der Waals surface area contributed by atoms with Crippen molar-refractivity contribution in [2.24, 2.45) is 0 Å². The summed E-state index contributed by atoms with van der Waals surface area (Å²) in [5.74, 6) is -0.497. The third kappa shape index (κ3) is 5.55. The lowest BCUT2D eigenvalue weighted by Gasteiger charge is -2.21. The van der Waals surface area contributed by atoms with E-state index >= 15 is 0 Å². The van der Waals surface area contributed by atoms with Crippen molar-refractivity contribution in [1.82, 2.24) is 5.32 Å². The number of carbonyl (C=O) groups excluding carboxylic acids is 2. The van der Waals surface area contributed by atoms with Crippen LogP contribution < -0.4 is 10.2 Å². The standard InChI is InChI=1S/C18H18Cl2N2O2/c1-13(23)22(17-10-15(19)9-16(20)11-17)12-18(24)21-8-7-14-5-3-2-4-6-14/h2-6,9-11H,7-8,12H2,1H3,(H,21,24). The molecule has 0 aliphatic rings. The van der Waals surface area contributed by atoms with E-state index in [0.29, 0.717) is 22.3 Å². The maximum Gasteiger partial charge on any atom is 0.240 e. The molecule has 2 rings (SSSR count). The summed E-state index contributed by atoms with van der Waals surface area (Å²) in [6.45, 7) is 1.82. The average molecular weight is 365 g/mol. The van der Waals surface area contributed by atoms with Gasteiger partial charge in [0.05, 0.1) is 0 Å². The summed E-state index contributed by atoms with van der Waals surface area (Å²) >= 11 is 11.9. The Balaban J connectivity index is 1.95. The normalized spacial score (nSPS) is 10.3. The molecule has 0 atom stereocenters. The zero-order valence-electron chi connectivity index (χ0n) is 13.3. The van der Waals surface area contributed by atoms with Crippen LogP contribution in [0.25, 0.3) is 0 Å². The number of nitrogens with one attached hydrogen (secondary N) is 1. The summed E-state index contributed by atoms with van der Waals surface area (Å²) in [4.78, 5) is 25.3. The maximum absolute atomic E-state index is 12.1. The van der Waals surface area contributed by atoms with Crippen LogP contribution in [0.5, 0.6) is 0 Å². The fourth-order valence-corrected chi connectivity index (χ4v) is 2.78. The molecule has 2 amide bonds. The van der Waals surface area contributed by atoms with Crippen molar-refractivity contribution in [2.75, 3.05) is 18.0 Å². The third-order valence-corrected chi connectivity index (χ3v) is 3.86. The molecule has 0 unspecified atom stereocenters. The number of amides is 2. The predicted molar refractivity (Wildman–Crippen MR) is 97.6 cm³/mol. The Bertz CT molecular complexity index is 700. The second-order valence-electron chi connectivity index (χ2n) is 5.32. The van der Waals surface area contributed by atoms with Crippen LogP contribution in [0.2, 0.25) is 10.0 Å². The molecule has 1 N–H and O–H groups in total. The van der Waals surface area contributed by atoms with E-state index in [0.717, 1.165) is 12.0 Å². The molecule has 0 bridgehead atoms. The molecule has 0 heterocycles. The lowest BCUT2D eigenvalue weighted by molar-refractivity contribution is -0.123. The van der Waals surface area contributed by atoms with Gasteiger partial charge in [0.15, 0.2) is 0 Å². The molecule has 0 radical (unpaired) electrons. The second-order valence-corrected chi connectivity index (χ2v) is 6.19. The number of hydrogen-bond acceptors (Lipinski definition) is 2. The van der Waals surface area contributed by atoms with Crippen LogP contribution in [0.15, 0.2) is 48.5 Å². The molecule has 0 fully saturated rings. The van der Waals surface area contributed by atoms with Crippen molar-refractivity contribution < 1.29 is 9.59 Å². The van der Waals surface area contributed by atoms with Gasteiger partial charge in [-0.3, -0.25) is 9.59 Å². The monoisotopic (exact) mass is 364 g/mol. The second kappa shape index (κ2) is 8.71. The zero-order chi connectivity index (χ0) is 17.5. The van der Waals surface area contributed by atoms with Crippen LogP contribution in [0, 0.1) is 0 Å². The van der Waals surface area contributed by atoms with E-state index in [4.69, 9.17) is 23.2 Å².